The summed E-state index contributed by atoms with van der Waals surface area (Å²) >= 11 is 0. The van der Waals surface area contributed by atoms with Crippen LogP contribution in [0, 0.1) is 0 Å². The molecule has 288 valence electrons. The zero-order chi connectivity index (χ0) is 40.7. The number of benzene rings is 7. The third kappa shape index (κ3) is 5.35. The first-order chi connectivity index (χ1) is 30.0. The number of nitrogens with zero attached hydrogens (tertiary/aromatic N) is 3. The van der Waals surface area contributed by atoms with Crippen LogP contribution in [0.2, 0.25) is 0 Å². The average Bonchev–Trinajstić information content (AvgIpc) is 3.44. The molecule has 2 aliphatic carbocycles. The van der Waals surface area contributed by atoms with E-state index in [0.29, 0.717) is 5.82 Å². The van der Waals surface area contributed by atoms with Crippen molar-refractivity contribution in [2.24, 2.45) is 0 Å². The molecule has 0 saturated carbocycles. The molecule has 3 heterocycles. The standard InChI is InChI=1S/C57H39N3O/c1-56(2)46-19-9-7-17-43(46)44-32-50-54(33-49(44)56)61-53-21-11-10-20-47(53)57(50)45-18-8-6-13-37(45)24-25-38-26-29-41(31-48(38)57)55-59-51(39-14-4-3-5-15-39)34-52(60-55)40-27-22-36(23-28-40)42-16-12-30-58-35-42/h3-35H,1-2H3. The van der Waals surface area contributed by atoms with Gasteiger partial charge in [-0.05, 0) is 92.0 Å². The summed E-state index contributed by atoms with van der Waals surface area (Å²) in [4.78, 5) is 15.0. The Balaban J connectivity index is 1.12. The van der Waals surface area contributed by atoms with E-state index >= 15 is 0 Å². The van der Waals surface area contributed by atoms with Crippen molar-refractivity contribution in [3.63, 3.8) is 0 Å². The van der Waals surface area contributed by atoms with Gasteiger partial charge in [-0.3, -0.25) is 4.98 Å². The Bertz CT molecular complexity index is 3240. The molecule has 0 N–H and O–H groups in total. The molecule has 0 bridgehead atoms. The SMILES string of the molecule is CC1(C)c2ccccc2-c2cc3c(cc21)Oc1ccccc1C31c2ccccc2C=Cc2ccc(-c3nc(-c4ccccc4)cc(-c4ccc(-c5cccnc5)cc4)n3)cc21. The molecule has 0 radical (unpaired) electrons. The van der Waals surface area contributed by atoms with Gasteiger partial charge >= 0.3 is 0 Å². The van der Waals surface area contributed by atoms with E-state index in [1.807, 2.05) is 18.3 Å². The minimum absolute atomic E-state index is 0.180. The predicted octanol–water partition coefficient (Wildman–Crippen LogP) is 13.8. The van der Waals surface area contributed by atoms with Gasteiger partial charge in [0, 0.05) is 45.6 Å². The van der Waals surface area contributed by atoms with Crippen molar-refractivity contribution < 1.29 is 4.74 Å². The summed E-state index contributed by atoms with van der Waals surface area (Å²) in [5.74, 6) is 2.40. The molecule has 7 aromatic carbocycles. The monoisotopic (exact) mass is 781 g/mol. The average molecular weight is 782 g/mol. The zero-order valence-corrected chi connectivity index (χ0v) is 33.8. The molecule has 4 nitrogen and oxygen atoms in total. The highest BCUT2D eigenvalue weighted by atomic mass is 16.5. The van der Waals surface area contributed by atoms with Gasteiger partial charge in [0.2, 0.25) is 0 Å². The van der Waals surface area contributed by atoms with Crippen LogP contribution in [-0.4, -0.2) is 15.0 Å². The van der Waals surface area contributed by atoms with E-state index in [1.54, 1.807) is 6.20 Å². The fraction of sp³-hybridized carbons (Fsp3) is 0.0702. The van der Waals surface area contributed by atoms with Gasteiger partial charge < -0.3 is 4.74 Å². The Morgan fingerprint density at radius 1 is 0.410 bits per heavy atom. The smallest absolute Gasteiger partial charge is 0.160 e. The number of aromatic nitrogens is 3. The normalized spacial score (nSPS) is 16.0. The Morgan fingerprint density at radius 2 is 1.05 bits per heavy atom. The number of hydrogen-bond donors (Lipinski definition) is 0. The van der Waals surface area contributed by atoms with Crippen LogP contribution in [0.15, 0.2) is 188 Å². The molecular weight excluding hydrogens is 743 g/mol. The number of ether oxygens (including phenoxy) is 1. The molecule has 0 saturated heterocycles. The van der Waals surface area contributed by atoms with Crippen LogP contribution >= 0.6 is 0 Å². The quantitative estimate of drug-likeness (QED) is 0.178. The maximum absolute atomic E-state index is 7.03. The molecule has 1 spiro atoms. The molecule has 1 aliphatic heterocycles. The Labute approximate surface area is 355 Å². The van der Waals surface area contributed by atoms with Crippen LogP contribution in [0.25, 0.3) is 68.3 Å². The highest BCUT2D eigenvalue weighted by Gasteiger charge is 2.49. The summed E-state index contributed by atoms with van der Waals surface area (Å²) in [6, 6.07) is 63.0. The summed E-state index contributed by atoms with van der Waals surface area (Å²) in [5.41, 5.74) is 18.0. The lowest BCUT2D eigenvalue weighted by molar-refractivity contribution is 0.433. The highest BCUT2D eigenvalue weighted by Crippen LogP contribution is 2.61. The highest BCUT2D eigenvalue weighted by molar-refractivity contribution is 5.89. The van der Waals surface area contributed by atoms with Crippen LogP contribution in [0.3, 0.4) is 0 Å². The second kappa shape index (κ2) is 13.4. The second-order valence-electron chi connectivity index (χ2n) is 16.8. The third-order valence-electron chi connectivity index (χ3n) is 13.1. The first kappa shape index (κ1) is 35.3. The van der Waals surface area contributed by atoms with Gasteiger partial charge in [-0.2, -0.15) is 0 Å². The fourth-order valence-electron chi connectivity index (χ4n) is 10.1. The topological polar surface area (TPSA) is 47.9 Å². The summed E-state index contributed by atoms with van der Waals surface area (Å²) in [6.07, 6.45) is 8.24. The molecule has 2 aromatic heterocycles. The van der Waals surface area contributed by atoms with Crippen LogP contribution in [-0.2, 0) is 10.8 Å². The van der Waals surface area contributed by atoms with Crippen molar-refractivity contribution in [3.8, 4) is 67.7 Å². The molecule has 9 aromatic rings. The van der Waals surface area contributed by atoms with Crippen LogP contribution in [0.4, 0.5) is 0 Å². The first-order valence-corrected chi connectivity index (χ1v) is 20.9. The van der Waals surface area contributed by atoms with Crippen molar-refractivity contribution in [1.82, 2.24) is 15.0 Å². The number of hydrogen-bond acceptors (Lipinski definition) is 4. The van der Waals surface area contributed by atoms with E-state index < -0.39 is 5.41 Å². The van der Waals surface area contributed by atoms with Gasteiger partial charge in [0.25, 0.3) is 0 Å². The third-order valence-corrected chi connectivity index (χ3v) is 13.1. The molecule has 0 amide bonds. The number of fused-ring (bicyclic) bond motifs is 11. The lowest BCUT2D eigenvalue weighted by Gasteiger charge is -2.43. The minimum atomic E-state index is -0.742. The summed E-state index contributed by atoms with van der Waals surface area (Å²) < 4.78 is 7.03. The molecular formula is C57H39N3O. The first-order valence-electron chi connectivity index (χ1n) is 20.9. The predicted molar refractivity (Wildman–Crippen MR) is 246 cm³/mol. The second-order valence-corrected chi connectivity index (χ2v) is 16.8. The number of para-hydroxylation sites is 1. The van der Waals surface area contributed by atoms with Crippen LogP contribution in [0.5, 0.6) is 11.5 Å². The van der Waals surface area contributed by atoms with Crippen molar-refractivity contribution in [1.29, 1.82) is 0 Å². The summed E-state index contributed by atoms with van der Waals surface area (Å²) in [5, 5.41) is 0. The Kier molecular flexibility index (Phi) is 7.76. The maximum Gasteiger partial charge on any atom is 0.160 e. The molecule has 61 heavy (non-hydrogen) atoms. The molecule has 12 rings (SSSR count). The molecule has 4 heteroatoms. The van der Waals surface area contributed by atoms with Gasteiger partial charge in [0.15, 0.2) is 5.82 Å². The van der Waals surface area contributed by atoms with Gasteiger partial charge in [0.1, 0.15) is 11.5 Å². The van der Waals surface area contributed by atoms with Crippen molar-refractivity contribution in [2.75, 3.05) is 0 Å². The van der Waals surface area contributed by atoms with Crippen LogP contribution in [0.1, 0.15) is 58.4 Å². The molecule has 1 unspecified atom stereocenters. The van der Waals surface area contributed by atoms with E-state index in [1.165, 1.54) is 33.4 Å². The molecule has 0 fully saturated rings. The van der Waals surface area contributed by atoms with E-state index in [2.05, 4.69) is 195 Å². The van der Waals surface area contributed by atoms with E-state index in [4.69, 9.17) is 14.7 Å². The van der Waals surface area contributed by atoms with Crippen molar-refractivity contribution in [3.05, 3.63) is 233 Å². The van der Waals surface area contributed by atoms with E-state index in [9.17, 15) is 0 Å². The number of rotatable bonds is 4. The largest absolute Gasteiger partial charge is 0.457 e. The van der Waals surface area contributed by atoms with Crippen molar-refractivity contribution in [2.45, 2.75) is 24.7 Å². The molecule has 1 atom stereocenters. The van der Waals surface area contributed by atoms with Crippen LogP contribution < -0.4 is 4.74 Å². The fourth-order valence-corrected chi connectivity index (χ4v) is 10.1. The van der Waals surface area contributed by atoms with Gasteiger partial charge in [-0.25, -0.2) is 9.97 Å². The summed E-state index contributed by atoms with van der Waals surface area (Å²) in [6.45, 7) is 4.66. The summed E-state index contributed by atoms with van der Waals surface area (Å²) in [7, 11) is 0. The van der Waals surface area contributed by atoms with Gasteiger partial charge in [-0.1, -0.05) is 166 Å². The lowest BCUT2D eigenvalue weighted by Crippen LogP contribution is -2.35. The maximum atomic E-state index is 7.03. The zero-order valence-electron chi connectivity index (χ0n) is 33.8. The number of pyridine rings is 1. The van der Waals surface area contributed by atoms with E-state index in [0.717, 1.165) is 73.0 Å². The molecule has 3 aliphatic rings. The van der Waals surface area contributed by atoms with Gasteiger partial charge in [0.05, 0.1) is 16.8 Å². The lowest BCUT2D eigenvalue weighted by atomic mass is 9.61. The van der Waals surface area contributed by atoms with E-state index in [-0.39, 0.29) is 5.41 Å². The Morgan fingerprint density at radius 3 is 1.84 bits per heavy atom. The van der Waals surface area contributed by atoms with Gasteiger partial charge in [-0.15, -0.1) is 0 Å². The Hall–Kier alpha value is -7.69. The minimum Gasteiger partial charge on any atom is -0.457 e. The van der Waals surface area contributed by atoms with Crippen molar-refractivity contribution >= 4 is 12.2 Å².